The minimum Gasteiger partial charge on any atom is -0.444 e. The van der Waals surface area contributed by atoms with E-state index in [4.69, 9.17) is 4.74 Å². The van der Waals surface area contributed by atoms with Crippen molar-refractivity contribution in [3.63, 3.8) is 0 Å². The minimum absolute atomic E-state index is 0.404. The van der Waals surface area contributed by atoms with Crippen LogP contribution in [0.15, 0.2) is 12.6 Å². The van der Waals surface area contributed by atoms with Crippen LogP contribution < -0.4 is 5.32 Å². The third kappa shape index (κ3) is 4.63. The van der Waals surface area contributed by atoms with Crippen LogP contribution in [0.3, 0.4) is 0 Å². The number of anilines is 1. The molecular formula is C12H17N3O2. The van der Waals surface area contributed by atoms with Gasteiger partial charge in [-0.2, -0.15) is 0 Å². The van der Waals surface area contributed by atoms with Gasteiger partial charge in [-0.15, -0.1) is 0 Å². The molecule has 0 bridgehead atoms. The van der Waals surface area contributed by atoms with Gasteiger partial charge in [0.2, 0.25) is 0 Å². The van der Waals surface area contributed by atoms with Crippen molar-refractivity contribution in [2.75, 3.05) is 5.32 Å². The van der Waals surface area contributed by atoms with E-state index in [1.165, 1.54) is 6.08 Å². The molecule has 0 aliphatic carbocycles. The van der Waals surface area contributed by atoms with E-state index in [0.29, 0.717) is 11.6 Å². The summed E-state index contributed by atoms with van der Waals surface area (Å²) in [6, 6.07) is 1.66. The summed E-state index contributed by atoms with van der Waals surface area (Å²) in [5.41, 5.74) is 0.217. The van der Waals surface area contributed by atoms with Crippen LogP contribution in [0.5, 0.6) is 0 Å². The van der Waals surface area contributed by atoms with Gasteiger partial charge in [0.15, 0.2) is 5.82 Å². The molecule has 0 unspecified atom stereocenters. The normalized spacial score (nSPS) is 10.8. The lowest BCUT2D eigenvalue weighted by atomic mass is 10.2. The molecular weight excluding hydrogens is 218 g/mol. The molecule has 17 heavy (non-hydrogen) atoms. The molecule has 1 aromatic heterocycles. The molecule has 0 radical (unpaired) electrons. The average molecular weight is 235 g/mol. The maximum atomic E-state index is 11.5. The fraction of sp³-hybridized carbons (Fsp3) is 0.417. The average Bonchev–Trinajstić information content (AvgIpc) is 2.13. The highest BCUT2D eigenvalue weighted by Crippen LogP contribution is 2.11. The van der Waals surface area contributed by atoms with E-state index in [9.17, 15) is 4.79 Å². The number of ether oxygens (including phenoxy) is 1. The first-order valence-corrected chi connectivity index (χ1v) is 5.28. The Morgan fingerprint density at radius 2 is 2.12 bits per heavy atom. The number of nitrogens with one attached hydrogen (secondary N) is 1. The summed E-state index contributed by atoms with van der Waals surface area (Å²) >= 11 is 0. The lowest BCUT2D eigenvalue weighted by Crippen LogP contribution is -2.27. The van der Waals surface area contributed by atoms with Gasteiger partial charge in [-0.05, 0) is 33.8 Å². The number of carbonyl (C=O) groups is 1. The third-order valence-electron chi connectivity index (χ3n) is 1.68. The van der Waals surface area contributed by atoms with Crippen LogP contribution in [0.1, 0.15) is 32.3 Å². The molecule has 5 heteroatoms. The zero-order valence-electron chi connectivity index (χ0n) is 10.6. The maximum Gasteiger partial charge on any atom is 0.413 e. The lowest BCUT2D eigenvalue weighted by Gasteiger charge is -2.19. The topological polar surface area (TPSA) is 64.1 Å². The second kappa shape index (κ2) is 4.95. The van der Waals surface area contributed by atoms with Crippen molar-refractivity contribution in [2.24, 2.45) is 0 Å². The molecule has 0 saturated carbocycles. The van der Waals surface area contributed by atoms with Gasteiger partial charge in [-0.1, -0.05) is 6.58 Å². The molecule has 1 heterocycles. The molecule has 0 aliphatic rings. The van der Waals surface area contributed by atoms with Gasteiger partial charge in [-0.25, -0.2) is 14.8 Å². The van der Waals surface area contributed by atoms with Gasteiger partial charge in [-0.3, -0.25) is 5.32 Å². The summed E-state index contributed by atoms with van der Waals surface area (Å²) in [6.45, 7) is 10.8. The molecule has 1 rings (SSSR count). The van der Waals surface area contributed by atoms with Crippen LogP contribution in [0, 0.1) is 6.92 Å². The number of hydrogen-bond acceptors (Lipinski definition) is 4. The molecule has 1 amide bonds. The molecule has 1 aromatic rings. The number of rotatable bonds is 2. The van der Waals surface area contributed by atoms with Crippen LogP contribution in [-0.4, -0.2) is 21.7 Å². The Kier molecular flexibility index (Phi) is 3.83. The SMILES string of the molecule is C=Cc1nc(C)cc(NC(=O)OC(C)(C)C)n1. The standard InChI is InChI=1S/C12H17N3O2/c1-6-9-13-8(2)7-10(14-9)15-11(16)17-12(3,4)5/h6-7H,1H2,2-5H3,(H,13,14,15,16). The molecule has 0 spiro atoms. The highest BCUT2D eigenvalue weighted by Gasteiger charge is 2.16. The molecule has 1 N–H and O–H groups in total. The first-order valence-electron chi connectivity index (χ1n) is 5.28. The van der Waals surface area contributed by atoms with E-state index < -0.39 is 11.7 Å². The molecule has 0 saturated heterocycles. The van der Waals surface area contributed by atoms with Gasteiger partial charge in [0, 0.05) is 11.8 Å². The molecule has 92 valence electrons. The lowest BCUT2D eigenvalue weighted by molar-refractivity contribution is 0.0635. The number of aryl methyl sites for hydroxylation is 1. The first kappa shape index (κ1) is 13.2. The van der Waals surface area contributed by atoms with E-state index in [0.717, 1.165) is 5.69 Å². The second-order valence-electron chi connectivity index (χ2n) is 4.58. The van der Waals surface area contributed by atoms with E-state index in [2.05, 4.69) is 21.9 Å². The summed E-state index contributed by atoms with van der Waals surface area (Å²) in [7, 11) is 0. The quantitative estimate of drug-likeness (QED) is 0.856. The summed E-state index contributed by atoms with van der Waals surface area (Å²) in [5.74, 6) is 0.873. The maximum absolute atomic E-state index is 11.5. The summed E-state index contributed by atoms with van der Waals surface area (Å²) in [4.78, 5) is 19.7. The second-order valence-corrected chi connectivity index (χ2v) is 4.58. The molecule has 0 fully saturated rings. The Morgan fingerprint density at radius 1 is 1.47 bits per heavy atom. The van der Waals surface area contributed by atoms with Crippen molar-refractivity contribution in [1.82, 2.24) is 9.97 Å². The molecule has 0 atom stereocenters. The van der Waals surface area contributed by atoms with E-state index in [1.54, 1.807) is 26.8 Å². The first-order chi connectivity index (χ1) is 7.80. The Labute approximate surface area is 101 Å². The number of carbonyl (C=O) groups excluding carboxylic acids is 1. The van der Waals surface area contributed by atoms with Crippen molar-refractivity contribution in [1.29, 1.82) is 0 Å². The van der Waals surface area contributed by atoms with Crippen LogP contribution in [0.25, 0.3) is 6.08 Å². The predicted octanol–water partition coefficient (Wildman–Crippen LogP) is 2.78. The van der Waals surface area contributed by atoms with Crippen LogP contribution >= 0.6 is 0 Å². The highest BCUT2D eigenvalue weighted by atomic mass is 16.6. The Morgan fingerprint density at radius 3 is 2.65 bits per heavy atom. The minimum atomic E-state index is -0.536. The number of nitrogens with zero attached hydrogens (tertiary/aromatic N) is 2. The molecule has 0 aromatic carbocycles. The fourth-order valence-corrected chi connectivity index (χ4v) is 1.16. The Bertz CT molecular complexity index is 436. The fourth-order valence-electron chi connectivity index (χ4n) is 1.16. The van der Waals surface area contributed by atoms with Gasteiger partial charge >= 0.3 is 6.09 Å². The van der Waals surface area contributed by atoms with Crippen molar-refractivity contribution in [3.8, 4) is 0 Å². The van der Waals surface area contributed by atoms with Gasteiger partial charge in [0.25, 0.3) is 0 Å². The van der Waals surface area contributed by atoms with E-state index in [1.807, 2.05) is 6.92 Å². The number of aromatic nitrogens is 2. The summed E-state index contributed by atoms with van der Waals surface area (Å²) in [5, 5.41) is 2.55. The zero-order valence-corrected chi connectivity index (χ0v) is 10.6. The zero-order chi connectivity index (χ0) is 13.1. The summed E-state index contributed by atoms with van der Waals surface area (Å²) in [6.07, 6.45) is 0.985. The Balaban J connectivity index is 2.78. The highest BCUT2D eigenvalue weighted by molar-refractivity contribution is 5.83. The van der Waals surface area contributed by atoms with Crippen LogP contribution in [-0.2, 0) is 4.74 Å². The van der Waals surface area contributed by atoms with E-state index in [-0.39, 0.29) is 0 Å². The van der Waals surface area contributed by atoms with Crippen molar-refractivity contribution in [3.05, 3.63) is 24.2 Å². The molecule has 5 nitrogen and oxygen atoms in total. The third-order valence-corrected chi connectivity index (χ3v) is 1.68. The van der Waals surface area contributed by atoms with Gasteiger partial charge in [0.1, 0.15) is 11.4 Å². The van der Waals surface area contributed by atoms with E-state index >= 15 is 0 Å². The van der Waals surface area contributed by atoms with Crippen molar-refractivity contribution in [2.45, 2.75) is 33.3 Å². The van der Waals surface area contributed by atoms with Crippen molar-refractivity contribution < 1.29 is 9.53 Å². The smallest absolute Gasteiger partial charge is 0.413 e. The van der Waals surface area contributed by atoms with Crippen LogP contribution in [0.2, 0.25) is 0 Å². The van der Waals surface area contributed by atoms with Gasteiger partial charge in [0.05, 0.1) is 0 Å². The monoisotopic (exact) mass is 235 g/mol. The Hall–Kier alpha value is -1.91. The summed E-state index contributed by atoms with van der Waals surface area (Å²) < 4.78 is 5.12. The largest absolute Gasteiger partial charge is 0.444 e. The number of hydrogen-bond donors (Lipinski definition) is 1. The van der Waals surface area contributed by atoms with Crippen molar-refractivity contribution >= 4 is 18.0 Å². The number of amides is 1. The molecule has 0 aliphatic heterocycles. The predicted molar refractivity (Wildman–Crippen MR) is 66.7 cm³/mol. The van der Waals surface area contributed by atoms with Gasteiger partial charge < -0.3 is 4.74 Å². The van der Waals surface area contributed by atoms with Crippen LogP contribution in [0.4, 0.5) is 10.6 Å².